The number of ether oxygens (including phenoxy) is 8. The molecule has 4 saturated heterocycles. The van der Waals surface area contributed by atoms with Gasteiger partial charge in [0.05, 0.1) is 0 Å². The summed E-state index contributed by atoms with van der Waals surface area (Å²) < 4.78 is 49.8. The van der Waals surface area contributed by atoms with E-state index in [0.29, 0.717) is 12.8 Å². The number of fused-ring (bicyclic) bond motifs is 2. The molecule has 18 nitrogen and oxygen atoms in total. The van der Waals surface area contributed by atoms with E-state index in [2.05, 4.69) is 9.97 Å². The van der Waals surface area contributed by atoms with Gasteiger partial charge in [-0.1, -0.05) is 89.9 Å². The summed E-state index contributed by atoms with van der Waals surface area (Å²) >= 11 is 0. The Balaban J connectivity index is 0.711. The van der Waals surface area contributed by atoms with Crippen LogP contribution in [0.2, 0.25) is 0 Å². The molecule has 0 aromatic carbocycles. The lowest BCUT2D eigenvalue weighted by atomic mass is 10.0. The SMILES string of the molecule is CC1(C)O[C@@H]2[C@H](O1)[C@@H](COC(=O)CCCCCCCCCCCCCCCCCCC(=O)OC[C@H]1O[C@@H](n3ccc(=O)[nH]c3=O)[C@@H]3OC(C)(C)O[C@@H]31)O[C@H]2n1ccc(=O)[nH]c1=O. The zero-order chi connectivity index (χ0) is 44.3. The van der Waals surface area contributed by atoms with E-state index in [1.807, 2.05) is 0 Å². The Morgan fingerprint density at radius 2 is 0.823 bits per heavy atom. The quantitative estimate of drug-likeness (QED) is 0.0989. The van der Waals surface area contributed by atoms with Gasteiger partial charge >= 0.3 is 23.3 Å². The Hall–Kier alpha value is -3.94. The Bertz CT molecular complexity index is 1870. The maximum absolute atomic E-state index is 12.5. The zero-order valence-electron chi connectivity index (χ0n) is 36.7. The number of hydrogen-bond donors (Lipinski definition) is 2. The minimum atomic E-state index is -0.895. The van der Waals surface area contributed by atoms with E-state index in [1.54, 1.807) is 27.7 Å². The summed E-state index contributed by atoms with van der Waals surface area (Å²) in [7, 11) is 0. The van der Waals surface area contributed by atoms with E-state index in [0.717, 1.165) is 51.4 Å². The van der Waals surface area contributed by atoms with Crippen molar-refractivity contribution in [1.29, 1.82) is 0 Å². The fraction of sp³-hybridized carbons (Fsp3) is 0.773. The molecule has 346 valence electrons. The van der Waals surface area contributed by atoms with Crippen molar-refractivity contribution in [3.8, 4) is 0 Å². The lowest BCUT2D eigenvalue weighted by Gasteiger charge is -2.24. The molecule has 4 aliphatic heterocycles. The second-order valence-corrected chi connectivity index (χ2v) is 17.8. The summed E-state index contributed by atoms with van der Waals surface area (Å²) in [6, 6.07) is 2.48. The Kier molecular flexibility index (Phi) is 17.0. The third-order valence-electron chi connectivity index (χ3n) is 11.8. The minimum absolute atomic E-state index is 0.0156. The Morgan fingerprint density at radius 3 is 1.15 bits per heavy atom. The smallest absolute Gasteiger partial charge is 0.330 e. The van der Waals surface area contributed by atoms with Gasteiger partial charge in [-0.25, -0.2) is 9.59 Å². The molecule has 0 bridgehead atoms. The number of carbonyl (C=O) groups excluding carboxylic acids is 2. The largest absolute Gasteiger partial charge is 0.463 e. The van der Waals surface area contributed by atoms with Crippen molar-refractivity contribution in [2.75, 3.05) is 13.2 Å². The van der Waals surface area contributed by atoms with Gasteiger partial charge in [0.2, 0.25) is 0 Å². The number of rotatable bonds is 25. The Morgan fingerprint density at radius 1 is 0.516 bits per heavy atom. The van der Waals surface area contributed by atoms with Crippen molar-refractivity contribution in [3.63, 3.8) is 0 Å². The lowest BCUT2D eigenvalue weighted by Crippen LogP contribution is -2.37. The van der Waals surface area contributed by atoms with Gasteiger partial charge in [-0.2, -0.15) is 0 Å². The number of hydrogen-bond acceptors (Lipinski definition) is 14. The van der Waals surface area contributed by atoms with Gasteiger partial charge in [-0.3, -0.25) is 38.3 Å². The summed E-state index contributed by atoms with van der Waals surface area (Å²) in [4.78, 5) is 77.4. The van der Waals surface area contributed by atoms with Gasteiger partial charge in [0, 0.05) is 37.4 Å². The van der Waals surface area contributed by atoms with Gasteiger partial charge < -0.3 is 37.9 Å². The van der Waals surface area contributed by atoms with Gasteiger partial charge in [0.15, 0.2) is 24.0 Å². The number of H-pyrrole nitrogens is 2. The molecular formula is C44H66N4O14. The van der Waals surface area contributed by atoms with E-state index in [1.165, 1.54) is 85.0 Å². The van der Waals surface area contributed by atoms with Crippen LogP contribution in [0.5, 0.6) is 0 Å². The molecule has 8 atom stereocenters. The number of carbonyl (C=O) groups is 2. The van der Waals surface area contributed by atoms with E-state index in [9.17, 15) is 28.8 Å². The molecule has 18 heteroatoms. The highest BCUT2D eigenvalue weighted by atomic mass is 16.8. The molecule has 62 heavy (non-hydrogen) atoms. The van der Waals surface area contributed by atoms with Crippen molar-refractivity contribution < 1.29 is 47.5 Å². The highest BCUT2D eigenvalue weighted by Gasteiger charge is 2.57. The maximum Gasteiger partial charge on any atom is 0.330 e. The molecular weight excluding hydrogens is 808 g/mol. The highest BCUT2D eigenvalue weighted by Crippen LogP contribution is 2.44. The van der Waals surface area contributed by atoms with Crippen LogP contribution in [0, 0.1) is 0 Å². The van der Waals surface area contributed by atoms with Crippen molar-refractivity contribution in [3.05, 3.63) is 66.2 Å². The molecule has 6 heterocycles. The molecule has 0 spiro atoms. The first-order chi connectivity index (χ1) is 29.7. The summed E-state index contributed by atoms with van der Waals surface area (Å²) in [5.41, 5.74) is -2.24. The van der Waals surface area contributed by atoms with Crippen molar-refractivity contribution in [2.24, 2.45) is 0 Å². The molecule has 2 aromatic heterocycles. The van der Waals surface area contributed by atoms with Crippen LogP contribution in [0.3, 0.4) is 0 Å². The van der Waals surface area contributed by atoms with E-state index in [4.69, 9.17) is 37.9 Å². The first-order valence-electron chi connectivity index (χ1n) is 22.7. The summed E-state index contributed by atoms with van der Waals surface area (Å²) in [5, 5.41) is 0. The molecule has 0 saturated carbocycles. The third kappa shape index (κ3) is 13.3. The first kappa shape index (κ1) is 47.5. The van der Waals surface area contributed by atoms with Crippen LogP contribution < -0.4 is 22.5 Å². The van der Waals surface area contributed by atoms with E-state index in [-0.39, 0.29) is 25.2 Å². The maximum atomic E-state index is 12.5. The van der Waals surface area contributed by atoms with E-state index < -0.39 is 83.2 Å². The highest BCUT2D eigenvalue weighted by molar-refractivity contribution is 5.69. The fourth-order valence-electron chi connectivity index (χ4n) is 8.80. The monoisotopic (exact) mass is 874 g/mol. The van der Waals surface area contributed by atoms with Crippen LogP contribution in [0.1, 0.15) is 156 Å². The third-order valence-corrected chi connectivity index (χ3v) is 11.8. The molecule has 4 fully saturated rings. The number of unbranched alkanes of at least 4 members (excludes halogenated alkanes) is 15. The number of aromatic nitrogens is 4. The van der Waals surface area contributed by atoms with Crippen molar-refractivity contribution in [2.45, 2.75) is 204 Å². The summed E-state index contributed by atoms with van der Waals surface area (Å²) in [5.74, 6) is -2.38. The van der Waals surface area contributed by atoms with Gasteiger partial charge in [0.1, 0.15) is 49.8 Å². The molecule has 4 aliphatic rings. The van der Waals surface area contributed by atoms with Crippen molar-refractivity contribution in [1.82, 2.24) is 19.1 Å². The average molecular weight is 875 g/mol. The normalized spacial score (nSPS) is 27.0. The van der Waals surface area contributed by atoms with Crippen LogP contribution in [-0.2, 0) is 47.5 Å². The molecule has 0 aliphatic carbocycles. The molecule has 6 rings (SSSR count). The number of nitrogens with zero attached hydrogens (tertiary/aromatic N) is 2. The van der Waals surface area contributed by atoms with Crippen LogP contribution in [0.4, 0.5) is 0 Å². The van der Waals surface area contributed by atoms with Crippen LogP contribution in [0.25, 0.3) is 0 Å². The van der Waals surface area contributed by atoms with Crippen LogP contribution in [-0.4, -0.2) is 92.5 Å². The van der Waals surface area contributed by atoms with Gasteiger partial charge in [-0.15, -0.1) is 0 Å². The molecule has 0 unspecified atom stereocenters. The number of aromatic amines is 2. The van der Waals surface area contributed by atoms with Crippen LogP contribution >= 0.6 is 0 Å². The molecule has 0 amide bonds. The first-order valence-corrected chi connectivity index (χ1v) is 22.7. The zero-order valence-corrected chi connectivity index (χ0v) is 36.7. The second-order valence-electron chi connectivity index (χ2n) is 17.8. The molecule has 2 aromatic rings. The summed E-state index contributed by atoms with van der Waals surface area (Å²) in [6.07, 6.45) is 16.1. The lowest BCUT2D eigenvalue weighted by molar-refractivity contribution is -0.203. The Labute approximate surface area is 361 Å². The second kappa shape index (κ2) is 22.1. The summed E-state index contributed by atoms with van der Waals surface area (Å²) in [6.45, 7) is 7.07. The van der Waals surface area contributed by atoms with Crippen LogP contribution in [0.15, 0.2) is 43.7 Å². The fourth-order valence-corrected chi connectivity index (χ4v) is 8.80. The van der Waals surface area contributed by atoms with Gasteiger partial charge in [0.25, 0.3) is 11.1 Å². The van der Waals surface area contributed by atoms with Crippen molar-refractivity contribution >= 4 is 11.9 Å². The topological polar surface area (TPSA) is 218 Å². The predicted molar refractivity (Wildman–Crippen MR) is 223 cm³/mol. The predicted octanol–water partition coefficient (Wildman–Crippen LogP) is 5.03. The average Bonchev–Trinajstić information content (AvgIpc) is 3.91. The number of esters is 2. The molecule has 2 N–H and O–H groups in total. The minimum Gasteiger partial charge on any atom is -0.463 e. The molecule has 0 radical (unpaired) electrons. The van der Waals surface area contributed by atoms with E-state index >= 15 is 0 Å². The van der Waals surface area contributed by atoms with Gasteiger partial charge in [-0.05, 0) is 40.5 Å². The standard InChI is InChI=1S/C44H66N4O14/c1-43(2)59-35-29(57-39(37(35)61-43)47-25-23-31(49)45-41(47)53)27-55-33(51)21-19-17-15-13-11-9-7-5-6-8-10-12-14-16-18-20-22-34(52)56-28-30-36-38(62-44(3,4)60-36)40(58-30)48-26-24-32(50)46-42(48)54/h23-26,29-30,35-40H,5-22,27-28H2,1-4H3,(H,45,49,53)(H,46,50,54)/t29-,30-,35-,36-,37-,38-,39-,40-/m1/s1. The number of nitrogens with one attached hydrogen (secondary N) is 2.